The molecule has 0 aromatic rings. The molecule has 68 valence electrons. The zero-order valence-corrected chi connectivity index (χ0v) is 7.92. The van der Waals surface area contributed by atoms with Crippen molar-refractivity contribution in [1.29, 1.82) is 0 Å². The van der Waals surface area contributed by atoms with Gasteiger partial charge >= 0.3 is 0 Å². The Morgan fingerprint density at radius 3 is 0.700 bits per heavy atom. The van der Waals surface area contributed by atoms with Crippen molar-refractivity contribution in [3.63, 3.8) is 0 Å². The minimum absolute atomic E-state index is 0. The fourth-order valence-electron chi connectivity index (χ4n) is 0. The molecule has 0 spiro atoms. The first-order chi connectivity index (χ1) is 4.24. The number of aliphatic hydroxyl groups is 3. The van der Waals surface area contributed by atoms with Gasteiger partial charge in [-0.15, -0.1) is 0 Å². The van der Waals surface area contributed by atoms with Crippen molar-refractivity contribution in [3.05, 3.63) is 0 Å². The van der Waals surface area contributed by atoms with E-state index in [4.69, 9.17) is 15.3 Å². The second-order valence-corrected chi connectivity index (χ2v) is 0.949. The van der Waals surface area contributed by atoms with Gasteiger partial charge in [0.1, 0.15) is 0 Å². The van der Waals surface area contributed by atoms with Crippen LogP contribution < -0.4 is 0 Å². The first kappa shape index (κ1) is 22.4. The van der Waals surface area contributed by atoms with Gasteiger partial charge in [-0.1, -0.05) is 0 Å². The molecule has 0 fully saturated rings. The van der Waals surface area contributed by atoms with Gasteiger partial charge in [-0.3, -0.25) is 0 Å². The predicted molar refractivity (Wildman–Crippen MR) is 38.3 cm³/mol. The monoisotopic (exact) mass is 194 g/mol. The topological polar surface area (TPSA) is 60.7 Å². The molecular weight excluding hydrogens is 176 g/mol. The Labute approximate surface area is 73.6 Å². The Bertz CT molecular complexity index is 17.7. The maximum absolute atomic E-state index is 7.57. The third-order valence-corrected chi connectivity index (χ3v) is 0. The number of aliphatic hydroxyl groups excluding tert-OH is 3. The summed E-state index contributed by atoms with van der Waals surface area (Å²) in [5.41, 5.74) is 0. The number of rotatable bonds is 0. The van der Waals surface area contributed by atoms with E-state index in [2.05, 4.69) is 0 Å². The third-order valence-electron chi connectivity index (χ3n) is 0. The molecule has 0 aliphatic heterocycles. The second-order valence-electron chi connectivity index (χ2n) is 0.949. The van der Waals surface area contributed by atoms with E-state index in [1.807, 2.05) is 0 Å². The average Bonchev–Trinajstić information content (AvgIpc) is 1.70. The molecule has 0 rings (SSSR count). The van der Waals surface area contributed by atoms with Gasteiger partial charge in [0.2, 0.25) is 0 Å². The fraction of sp³-hybridized carbons (Fsp3) is 1.00. The Hall–Kier alpha value is 0.399. The van der Waals surface area contributed by atoms with E-state index in [9.17, 15) is 0 Å². The molecular formula is C6H18FeO3. The van der Waals surface area contributed by atoms with Crippen LogP contribution in [0.15, 0.2) is 0 Å². The van der Waals surface area contributed by atoms with E-state index in [0.717, 1.165) is 0 Å². The molecule has 0 aromatic heterocycles. The molecule has 0 bridgehead atoms. The Balaban J connectivity index is -0.0000000257. The van der Waals surface area contributed by atoms with Crippen molar-refractivity contribution in [3.8, 4) is 0 Å². The third kappa shape index (κ3) is 2880. The molecule has 0 unspecified atom stereocenters. The van der Waals surface area contributed by atoms with Crippen molar-refractivity contribution in [1.82, 2.24) is 0 Å². The molecule has 0 heterocycles. The Morgan fingerprint density at radius 1 is 0.700 bits per heavy atom. The smallest absolute Gasteiger partial charge is 0.0402 e. The molecule has 0 saturated carbocycles. The van der Waals surface area contributed by atoms with Crippen LogP contribution in [0.5, 0.6) is 0 Å². The van der Waals surface area contributed by atoms with Crippen LogP contribution >= 0.6 is 0 Å². The van der Waals surface area contributed by atoms with E-state index in [0.29, 0.717) is 0 Å². The van der Waals surface area contributed by atoms with E-state index >= 15 is 0 Å². The van der Waals surface area contributed by atoms with Gasteiger partial charge in [-0.25, -0.2) is 0 Å². The van der Waals surface area contributed by atoms with Crippen LogP contribution in [0.25, 0.3) is 0 Å². The van der Waals surface area contributed by atoms with E-state index < -0.39 is 0 Å². The standard InChI is InChI=1S/3C2H6O.Fe/c3*1-2-3;/h3*3H,2H2,1H3;. The molecule has 0 aliphatic carbocycles. The molecule has 0 aliphatic rings. The fourth-order valence-corrected chi connectivity index (χ4v) is 0. The summed E-state index contributed by atoms with van der Waals surface area (Å²) in [6.07, 6.45) is 0. The van der Waals surface area contributed by atoms with Crippen LogP contribution in [0, 0.1) is 0 Å². The van der Waals surface area contributed by atoms with Crippen molar-refractivity contribution < 1.29 is 32.4 Å². The predicted octanol–water partition coefficient (Wildman–Crippen LogP) is -0.00670. The van der Waals surface area contributed by atoms with Gasteiger partial charge in [0.15, 0.2) is 0 Å². The number of hydrogen-bond acceptors (Lipinski definition) is 3. The molecule has 0 saturated heterocycles. The average molecular weight is 194 g/mol. The Morgan fingerprint density at radius 2 is 0.700 bits per heavy atom. The van der Waals surface area contributed by atoms with Gasteiger partial charge in [-0.2, -0.15) is 0 Å². The molecule has 0 atom stereocenters. The van der Waals surface area contributed by atoms with Crippen molar-refractivity contribution in [2.45, 2.75) is 20.8 Å². The largest absolute Gasteiger partial charge is 0.397 e. The van der Waals surface area contributed by atoms with Crippen LogP contribution in [0.1, 0.15) is 20.8 Å². The minimum atomic E-state index is 0. The normalized spacial score (nSPS) is 5.40. The summed E-state index contributed by atoms with van der Waals surface area (Å²) in [7, 11) is 0. The second kappa shape index (κ2) is 57.4. The molecule has 0 radical (unpaired) electrons. The first-order valence-corrected chi connectivity index (χ1v) is 3.07. The summed E-state index contributed by atoms with van der Waals surface area (Å²) in [6, 6.07) is 0. The van der Waals surface area contributed by atoms with Crippen molar-refractivity contribution in [2.24, 2.45) is 0 Å². The quantitative estimate of drug-likeness (QED) is 0.475. The van der Waals surface area contributed by atoms with Gasteiger partial charge in [0.05, 0.1) is 0 Å². The zero-order chi connectivity index (χ0) is 8.12. The maximum atomic E-state index is 7.57. The minimum Gasteiger partial charge on any atom is -0.397 e. The van der Waals surface area contributed by atoms with Crippen molar-refractivity contribution in [2.75, 3.05) is 19.8 Å². The summed E-state index contributed by atoms with van der Waals surface area (Å²) in [6.45, 7) is 5.79. The zero-order valence-electron chi connectivity index (χ0n) is 6.82. The molecule has 4 heteroatoms. The Kier molecular flexibility index (Phi) is 129. The van der Waals surface area contributed by atoms with Gasteiger partial charge < -0.3 is 15.3 Å². The van der Waals surface area contributed by atoms with E-state index in [1.54, 1.807) is 20.8 Å². The van der Waals surface area contributed by atoms with Gasteiger partial charge in [0.25, 0.3) is 0 Å². The summed E-state index contributed by atoms with van der Waals surface area (Å²) in [5.74, 6) is 0. The molecule has 10 heavy (non-hydrogen) atoms. The van der Waals surface area contributed by atoms with E-state index in [1.165, 1.54) is 0 Å². The number of hydrogen-bond donors (Lipinski definition) is 3. The van der Waals surface area contributed by atoms with Crippen molar-refractivity contribution >= 4 is 0 Å². The summed E-state index contributed by atoms with van der Waals surface area (Å²) < 4.78 is 0. The summed E-state index contributed by atoms with van der Waals surface area (Å²) in [5, 5.41) is 22.7. The van der Waals surface area contributed by atoms with Crippen LogP contribution in [0.3, 0.4) is 0 Å². The molecule has 3 N–H and O–H groups in total. The summed E-state index contributed by atoms with van der Waals surface area (Å²) >= 11 is 0. The first-order valence-electron chi connectivity index (χ1n) is 3.07. The van der Waals surface area contributed by atoms with Gasteiger partial charge in [-0.05, 0) is 20.8 Å². The summed E-state index contributed by atoms with van der Waals surface area (Å²) in [4.78, 5) is 0. The maximum Gasteiger partial charge on any atom is 0.0402 e. The van der Waals surface area contributed by atoms with Crippen LogP contribution in [-0.2, 0) is 17.1 Å². The van der Waals surface area contributed by atoms with E-state index in [-0.39, 0.29) is 36.9 Å². The van der Waals surface area contributed by atoms with Crippen LogP contribution in [0.4, 0.5) is 0 Å². The van der Waals surface area contributed by atoms with Crippen LogP contribution in [-0.4, -0.2) is 35.1 Å². The molecule has 3 nitrogen and oxygen atoms in total. The van der Waals surface area contributed by atoms with Gasteiger partial charge in [0, 0.05) is 36.9 Å². The molecule has 0 aromatic carbocycles. The SMILES string of the molecule is CCO.CCO.CCO.[Fe]. The molecule has 0 amide bonds. The van der Waals surface area contributed by atoms with Crippen LogP contribution in [0.2, 0.25) is 0 Å².